The van der Waals surface area contributed by atoms with E-state index >= 15 is 0 Å². The Bertz CT molecular complexity index is 890. The van der Waals surface area contributed by atoms with Gasteiger partial charge in [-0.3, -0.25) is 4.79 Å². The molecule has 2 N–H and O–H groups in total. The lowest BCUT2D eigenvalue weighted by atomic mass is 9.70. The number of nitriles is 1. The first-order valence-electron chi connectivity index (χ1n) is 8.96. The Hall–Kier alpha value is -2.94. The van der Waals surface area contributed by atoms with Crippen molar-refractivity contribution in [1.82, 2.24) is 0 Å². The van der Waals surface area contributed by atoms with Crippen LogP contribution >= 0.6 is 0 Å². The van der Waals surface area contributed by atoms with Crippen molar-refractivity contribution in [2.24, 2.45) is 11.1 Å². The van der Waals surface area contributed by atoms with Gasteiger partial charge in [0.2, 0.25) is 5.88 Å². The largest absolute Gasteiger partial charge is 0.497 e. The summed E-state index contributed by atoms with van der Waals surface area (Å²) in [5.41, 5.74) is 7.29. The highest BCUT2D eigenvalue weighted by Crippen LogP contribution is 2.49. The molecule has 1 aromatic carbocycles. The molecular formula is C21H24N2O4. The number of carbonyl (C=O) groups excluding carboxylic acids is 1. The number of Topliss-reactive ketones (excluding diaryl/α,β-unsaturated/α-hetero) is 1. The van der Waals surface area contributed by atoms with Gasteiger partial charge in [-0.05, 0) is 18.4 Å². The zero-order valence-corrected chi connectivity index (χ0v) is 16.1. The molecular weight excluding hydrogens is 344 g/mol. The molecule has 27 heavy (non-hydrogen) atoms. The molecule has 0 aromatic heterocycles. The summed E-state index contributed by atoms with van der Waals surface area (Å²) in [6, 6.07) is 7.50. The number of benzene rings is 1. The lowest BCUT2D eigenvalue weighted by Gasteiger charge is -2.37. The topological polar surface area (TPSA) is 94.6 Å². The molecule has 2 aliphatic rings. The number of nitrogens with zero attached hydrogens (tertiary/aromatic N) is 1. The predicted molar refractivity (Wildman–Crippen MR) is 99.9 cm³/mol. The summed E-state index contributed by atoms with van der Waals surface area (Å²) in [5, 5.41) is 9.73. The molecule has 1 heterocycles. The van der Waals surface area contributed by atoms with Crippen LogP contribution in [0.1, 0.15) is 45.1 Å². The Morgan fingerprint density at radius 1 is 1.37 bits per heavy atom. The predicted octanol–water partition coefficient (Wildman–Crippen LogP) is 3.54. The van der Waals surface area contributed by atoms with Gasteiger partial charge in [0.05, 0.1) is 19.6 Å². The normalized spacial score (nSPS) is 21.3. The number of methoxy groups -OCH3 is 1. The molecule has 6 nitrogen and oxygen atoms in total. The van der Waals surface area contributed by atoms with Crippen LogP contribution in [0.2, 0.25) is 0 Å². The van der Waals surface area contributed by atoms with Gasteiger partial charge in [0.25, 0.3) is 0 Å². The molecule has 6 heteroatoms. The van der Waals surface area contributed by atoms with E-state index < -0.39 is 5.92 Å². The van der Waals surface area contributed by atoms with Crippen LogP contribution in [0.25, 0.3) is 0 Å². The molecule has 1 aliphatic heterocycles. The summed E-state index contributed by atoms with van der Waals surface area (Å²) < 4.78 is 16.8. The van der Waals surface area contributed by atoms with E-state index in [1.54, 1.807) is 19.2 Å². The van der Waals surface area contributed by atoms with Gasteiger partial charge in [0.1, 0.15) is 28.9 Å². The van der Waals surface area contributed by atoms with Gasteiger partial charge in [-0.15, -0.1) is 0 Å². The van der Waals surface area contributed by atoms with E-state index in [-0.39, 0.29) is 22.7 Å². The van der Waals surface area contributed by atoms with Crippen LogP contribution in [0.15, 0.2) is 41.0 Å². The fourth-order valence-electron chi connectivity index (χ4n) is 3.76. The van der Waals surface area contributed by atoms with Crippen molar-refractivity contribution in [3.8, 4) is 17.6 Å². The molecule has 0 saturated carbocycles. The standard InChI is InChI=1S/C21H24N2O4/c1-5-26-16-8-12(25-4)6-7-13(16)18-14(11-22)20(23)27-17-10-21(2,3)9-15(24)19(17)18/h6-8,18H,5,9-10,23H2,1-4H3/t18-/m0/s1. The highest BCUT2D eigenvalue weighted by Gasteiger charge is 2.43. The summed E-state index contributed by atoms with van der Waals surface area (Å²) in [6.07, 6.45) is 0.981. The monoisotopic (exact) mass is 368 g/mol. The summed E-state index contributed by atoms with van der Waals surface area (Å²) in [6.45, 7) is 6.36. The first-order valence-corrected chi connectivity index (χ1v) is 8.96. The third-order valence-corrected chi connectivity index (χ3v) is 4.91. The second-order valence-corrected chi connectivity index (χ2v) is 7.54. The van der Waals surface area contributed by atoms with Crippen LogP contribution in [-0.4, -0.2) is 19.5 Å². The second kappa shape index (κ2) is 6.99. The van der Waals surface area contributed by atoms with Crippen molar-refractivity contribution < 1.29 is 19.0 Å². The van der Waals surface area contributed by atoms with Gasteiger partial charge in [0.15, 0.2) is 5.78 Å². The second-order valence-electron chi connectivity index (χ2n) is 7.54. The van der Waals surface area contributed by atoms with Crippen LogP contribution in [0.4, 0.5) is 0 Å². The Morgan fingerprint density at radius 2 is 2.11 bits per heavy atom. The molecule has 142 valence electrons. The summed E-state index contributed by atoms with van der Waals surface area (Å²) in [4.78, 5) is 13.0. The smallest absolute Gasteiger partial charge is 0.205 e. The van der Waals surface area contributed by atoms with E-state index in [4.69, 9.17) is 19.9 Å². The van der Waals surface area contributed by atoms with Crippen LogP contribution in [0.3, 0.4) is 0 Å². The Morgan fingerprint density at radius 3 is 2.74 bits per heavy atom. The first-order chi connectivity index (χ1) is 12.8. The number of hydrogen-bond donors (Lipinski definition) is 1. The van der Waals surface area contributed by atoms with Gasteiger partial charge in [-0.25, -0.2) is 0 Å². The Labute approximate surface area is 159 Å². The van der Waals surface area contributed by atoms with Crippen LogP contribution < -0.4 is 15.2 Å². The minimum Gasteiger partial charge on any atom is -0.497 e. The maximum absolute atomic E-state index is 13.0. The maximum atomic E-state index is 13.0. The van der Waals surface area contributed by atoms with Crippen LogP contribution in [0, 0.1) is 16.7 Å². The first kappa shape index (κ1) is 18.8. The molecule has 0 spiro atoms. The lowest BCUT2D eigenvalue weighted by molar-refractivity contribution is -0.119. The molecule has 0 saturated heterocycles. The van der Waals surface area contributed by atoms with Gasteiger partial charge < -0.3 is 19.9 Å². The SMILES string of the molecule is CCOc1cc(OC)ccc1[C@H]1C(C#N)=C(N)OC2=C1C(=O)CC(C)(C)C2. The number of ketones is 1. The fraction of sp³-hybridized carbons (Fsp3) is 0.429. The number of carbonyl (C=O) groups is 1. The maximum Gasteiger partial charge on any atom is 0.205 e. The fourth-order valence-corrected chi connectivity index (χ4v) is 3.76. The summed E-state index contributed by atoms with van der Waals surface area (Å²) >= 11 is 0. The van der Waals surface area contributed by atoms with E-state index in [0.717, 1.165) is 0 Å². The molecule has 1 aliphatic carbocycles. The van der Waals surface area contributed by atoms with Crippen molar-refractivity contribution in [2.75, 3.05) is 13.7 Å². The van der Waals surface area contributed by atoms with E-state index in [0.29, 0.717) is 47.8 Å². The highest BCUT2D eigenvalue weighted by atomic mass is 16.5. The summed E-state index contributed by atoms with van der Waals surface area (Å²) in [5.74, 6) is 1.17. The number of ether oxygens (including phenoxy) is 3. The van der Waals surface area contributed by atoms with Gasteiger partial charge in [-0.2, -0.15) is 5.26 Å². The van der Waals surface area contributed by atoms with Gasteiger partial charge >= 0.3 is 0 Å². The number of nitrogens with two attached hydrogens (primary N) is 1. The molecule has 0 fully saturated rings. The third kappa shape index (κ3) is 3.37. The molecule has 0 unspecified atom stereocenters. The van der Waals surface area contributed by atoms with Crippen molar-refractivity contribution in [3.63, 3.8) is 0 Å². The Kier molecular flexibility index (Phi) is 4.88. The highest BCUT2D eigenvalue weighted by molar-refractivity contribution is 6.00. The van der Waals surface area contributed by atoms with E-state index in [9.17, 15) is 10.1 Å². The van der Waals surface area contributed by atoms with Crippen LogP contribution in [0.5, 0.6) is 11.5 Å². The van der Waals surface area contributed by atoms with E-state index in [2.05, 4.69) is 6.07 Å². The number of hydrogen-bond acceptors (Lipinski definition) is 6. The number of rotatable bonds is 4. The zero-order valence-electron chi connectivity index (χ0n) is 16.1. The van der Waals surface area contributed by atoms with Crippen molar-refractivity contribution >= 4 is 5.78 Å². The summed E-state index contributed by atoms with van der Waals surface area (Å²) in [7, 11) is 1.57. The molecule has 0 bridgehead atoms. The Balaban J connectivity index is 2.21. The zero-order chi connectivity index (χ0) is 19.8. The molecule has 0 radical (unpaired) electrons. The third-order valence-electron chi connectivity index (χ3n) is 4.91. The van der Waals surface area contributed by atoms with Gasteiger partial charge in [0, 0.05) is 30.0 Å². The van der Waals surface area contributed by atoms with Crippen molar-refractivity contribution in [2.45, 2.75) is 39.5 Å². The minimum absolute atomic E-state index is 0.0234. The number of allylic oxidation sites excluding steroid dienone is 3. The molecule has 1 atom stereocenters. The quantitative estimate of drug-likeness (QED) is 0.873. The average molecular weight is 368 g/mol. The average Bonchev–Trinajstić information content (AvgIpc) is 2.59. The molecule has 0 amide bonds. The van der Waals surface area contributed by atoms with E-state index in [1.165, 1.54) is 0 Å². The van der Waals surface area contributed by atoms with Crippen molar-refractivity contribution in [1.29, 1.82) is 5.26 Å². The van der Waals surface area contributed by atoms with Crippen LogP contribution in [-0.2, 0) is 9.53 Å². The van der Waals surface area contributed by atoms with Crippen molar-refractivity contribution in [3.05, 3.63) is 46.6 Å². The minimum atomic E-state index is -0.602. The molecule has 3 rings (SSSR count). The van der Waals surface area contributed by atoms with Gasteiger partial charge in [-0.1, -0.05) is 19.9 Å². The lowest BCUT2D eigenvalue weighted by Crippen LogP contribution is -2.33. The molecule has 1 aromatic rings. The van der Waals surface area contributed by atoms with E-state index in [1.807, 2.05) is 26.8 Å².